The van der Waals surface area contributed by atoms with Crippen molar-refractivity contribution < 1.29 is 4.74 Å². The fraction of sp³-hybridized carbons (Fsp3) is 0.231. The van der Waals surface area contributed by atoms with Crippen molar-refractivity contribution in [1.82, 2.24) is 4.98 Å². The van der Waals surface area contributed by atoms with Crippen LogP contribution in [0.1, 0.15) is 11.7 Å². The molecule has 2 N–H and O–H groups in total. The first-order valence-corrected chi connectivity index (χ1v) is 6.86. The van der Waals surface area contributed by atoms with Gasteiger partial charge in [-0.2, -0.15) is 0 Å². The number of nitrogens with two attached hydrogens (primary N) is 1. The number of aromatic nitrogens is 1. The summed E-state index contributed by atoms with van der Waals surface area (Å²) in [5, 5.41) is 2.03. The van der Waals surface area contributed by atoms with Crippen molar-refractivity contribution in [3.63, 3.8) is 0 Å². The SMILES string of the molecule is COc1ccccc1N1C(N)=NCC1c1cscn1. The van der Waals surface area contributed by atoms with E-state index in [2.05, 4.69) is 9.98 Å². The predicted molar refractivity (Wildman–Crippen MR) is 76.8 cm³/mol. The number of methoxy groups -OCH3 is 1. The zero-order chi connectivity index (χ0) is 13.2. The molecule has 5 nitrogen and oxygen atoms in total. The first-order valence-electron chi connectivity index (χ1n) is 5.91. The third-order valence-corrected chi connectivity index (χ3v) is 3.73. The monoisotopic (exact) mass is 274 g/mol. The highest BCUT2D eigenvalue weighted by Gasteiger charge is 2.31. The molecule has 0 saturated heterocycles. The van der Waals surface area contributed by atoms with Crippen LogP contribution < -0.4 is 15.4 Å². The van der Waals surface area contributed by atoms with Crippen LogP contribution in [0.15, 0.2) is 40.1 Å². The van der Waals surface area contributed by atoms with E-state index in [1.54, 1.807) is 18.4 Å². The van der Waals surface area contributed by atoms with Crippen molar-refractivity contribution in [2.24, 2.45) is 10.7 Å². The van der Waals surface area contributed by atoms with Crippen molar-refractivity contribution in [2.45, 2.75) is 6.04 Å². The first kappa shape index (κ1) is 12.0. The van der Waals surface area contributed by atoms with Gasteiger partial charge < -0.3 is 10.5 Å². The third kappa shape index (κ3) is 2.04. The predicted octanol–water partition coefficient (Wildman–Crippen LogP) is 2.03. The van der Waals surface area contributed by atoms with Crippen LogP contribution in [0.2, 0.25) is 0 Å². The van der Waals surface area contributed by atoms with Gasteiger partial charge in [0.15, 0.2) is 5.96 Å². The molecule has 98 valence electrons. The van der Waals surface area contributed by atoms with E-state index in [4.69, 9.17) is 10.5 Å². The summed E-state index contributed by atoms with van der Waals surface area (Å²) in [5.74, 6) is 1.28. The highest BCUT2D eigenvalue weighted by Crippen LogP contribution is 2.36. The molecule has 1 aliphatic heterocycles. The minimum absolute atomic E-state index is 0.0440. The molecule has 0 spiro atoms. The summed E-state index contributed by atoms with van der Waals surface area (Å²) in [5.41, 5.74) is 9.76. The second-order valence-corrected chi connectivity index (χ2v) is 4.89. The van der Waals surface area contributed by atoms with Gasteiger partial charge in [0, 0.05) is 5.38 Å². The lowest BCUT2D eigenvalue weighted by Gasteiger charge is -2.26. The Morgan fingerprint density at radius 3 is 3.00 bits per heavy atom. The molecular weight excluding hydrogens is 260 g/mol. The van der Waals surface area contributed by atoms with E-state index in [0.717, 1.165) is 17.1 Å². The highest BCUT2D eigenvalue weighted by molar-refractivity contribution is 7.07. The van der Waals surface area contributed by atoms with Crippen LogP contribution in [0.4, 0.5) is 5.69 Å². The van der Waals surface area contributed by atoms with Gasteiger partial charge in [-0.3, -0.25) is 9.89 Å². The number of thiazole rings is 1. The summed E-state index contributed by atoms with van der Waals surface area (Å²) in [7, 11) is 1.65. The zero-order valence-electron chi connectivity index (χ0n) is 10.5. The summed E-state index contributed by atoms with van der Waals surface area (Å²) >= 11 is 1.57. The van der Waals surface area contributed by atoms with E-state index >= 15 is 0 Å². The van der Waals surface area contributed by atoms with Gasteiger partial charge in [-0.05, 0) is 12.1 Å². The molecule has 1 aromatic heterocycles. The number of benzene rings is 1. The van der Waals surface area contributed by atoms with Gasteiger partial charge in [0.05, 0.1) is 36.6 Å². The van der Waals surface area contributed by atoms with Gasteiger partial charge in [-0.25, -0.2) is 4.98 Å². The molecular formula is C13H14N4OS. The Morgan fingerprint density at radius 2 is 2.26 bits per heavy atom. The van der Waals surface area contributed by atoms with Crippen molar-refractivity contribution >= 4 is 23.0 Å². The Kier molecular flexibility index (Phi) is 3.08. The second kappa shape index (κ2) is 4.89. The highest BCUT2D eigenvalue weighted by atomic mass is 32.1. The lowest BCUT2D eigenvalue weighted by atomic mass is 10.1. The summed E-state index contributed by atoms with van der Waals surface area (Å²) < 4.78 is 5.40. The summed E-state index contributed by atoms with van der Waals surface area (Å²) in [6.07, 6.45) is 0. The standard InChI is InChI=1S/C13H14N4OS/c1-18-12-5-3-2-4-10(12)17-11(6-15-13(17)14)9-7-19-8-16-9/h2-5,7-8,11H,6H2,1H3,(H2,14,15). The number of rotatable bonds is 3. The molecule has 3 rings (SSSR count). The number of para-hydroxylation sites is 2. The average molecular weight is 274 g/mol. The molecule has 0 radical (unpaired) electrons. The Bertz CT molecular complexity index is 596. The molecule has 2 aromatic rings. The number of guanidine groups is 1. The van der Waals surface area contributed by atoms with Crippen molar-refractivity contribution in [3.05, 3.63) is 40.8 Å². The molecule has 2 heterocycles. The Balaban J connectivity index is 2.03. The number of nitrogens with zero attached hydrogens (tertiary/aromatic N) is 3. The largest absolute Gasteiger partial charge is 0.495 e. The number of aliphatic imine (C=N–C) groups is 1. The maximum Gasteiger partial charge on any atom is 0.196 e. The molecule has 0 bridgehead atoms. The third-order valence-electron chi connectivity index (χ3n) is 3.12. The van der Waals surface area contributed by atoms with Gasteiger partial charge in [0.2, 0.25) is 0 Å². The van der Waals surface area contributed by atoms with Crippen LogP contribution in [0.3, 0.4) is 0 Å². The van der Waals surface area contributed by atoms with Crippen LogP contribution in [0.25, 0.3) is 0 Å². The average Bonchev–Trinajstić information content (AvgIpc) is 3.07. The van der Waals surface area contributed by atoms with Gasteiger partial charge in [-0.1, -0.05) is 12.1 Å². The second-order valence-electron chi connectivity index (χ2n) is 4.17. The lowest BCUT2D eigenvalue weighted by Crippen LogP contribution is -2.36. The van der Waals surface area contributed by atoms with Crippen LogP contribution in [-0.2, 0) is 0 Å². The minimum Gasteiger partial charge on any atom is -0.495 e. The Labute approximate surface area is 115 Å². The first-order chi connectivity index (χ1) is 9.31. The molecule has 1 atom stereocenters. The molecule has 0 saturated carbocycles. The molecule has 0 fully saturated rings. The molecule has 19 heavy (non-hydrogen) atoms. The molecule has 1 unspecified atom stereocenters. The zero-order valence-corrected chi connectivity index (χ0v) is 11.3. The van der Waals surface area contributed by atoms with Gasteiger partial charge >= 0.3 is 0 Å². The number of hydrogen-bond donors (Lipinski definition) is 1. The van der Waals surface area contributed by atoms with E-state index in [0.29, 0.717) is 12.5 Å². The van der Waals surface area contributed by atoms with E-state index in [9.17, 15) is 0 Å². The van der Waals surface area contributed by atoms with E-state index in [1.165, 1.54) is 0 Å². The fourth-order valence-electron chi connectivity index (χ4n) is 2.23. The number of hydrogen-bond acceptors (Lipinski definition) is 6. The smallest absolute Gasteiger partial charge is 0.196 e. The summed E-state index contributed by atoms with van der Waals surface area (Å²) in [6.45, 7) is 0.619. The number of anilines is 1. The van der Waals surface area contributed by atoms with Crippen molar-refractivity contribution in [3.8, 4) is 5.75 Å². The molecule has 1 aromatic carbocycles. The number of ether oxygens (including phenoxy) is 1. The molecule has 0 aliphatic carbocycles. The minimum atomic E-state index is 0.0440. The lowest BCUT2D eigenvalue weighted by molar-refractivity contribution is 0.415. The summed E-state index contributed by atoms with van der Waals surface area (Å²) in [4.78, 5) is 10.7. The Morgan fingerprint density at radius 1 is 1.42 bits per heavy atom. The normalized spacial score (nSPS) is 18.5. The van der Waals surface area contributed by atoms with Crippen LogP contribution in [0.5, 0.6) is 5.75 Å². The van der Waals surface area contributed by atoms with E-state index in [-0.39, 0.29) is 6.04 Å². The maximum atomic E-state index is 6.03. The van der Waals surface area contributed by atoms with Crippen molar-refractivity contribution in [1.29, 1.82) is 0 Å². The van der Waals surface area contributed by atoms with Gasteiger partial charge in [0.1, 0.15) is 5.75 Å². The summed E-state index contributed by atoms with van der Waals surface area (Å²) in [6, 6.07) is 7.83. The molecule has 6 heteroatoms. The maximum absolute atomic E-state index is 6.03. The molecule has 0 amide bonds. The topological polar surface area (TPSA) is 63.7 Å². The van der Waals surface area contributed by atoms with E-state index < -0.39 is 0 Å². The fourth-order valence-corrected chi connectivity index (χ4v) is 2.83. The quantitative estimate of drug-likeness (QED) is 0.930. The van der Waals surface area contributed by atoms with E-state index in [1.807, 2.05) is 40.1 Å². The molecule has 1 aliphatic rings. The van der Waals surface area contributed by atoms with Crippen LogP contribution in [-0.4, -0.2) is 24.6 Å². The Hall–Kier alpha value is -2.08. The van der Waals surface area contributed by atoms with Crippen LogP contribution >= 0.6 is 11.3 Å². The van der Waals surface area contributed by atoms with Gasteiger partial charge in [-0.15, -0.1) is 11.3 Å². The van der Waals surface area contributed by atoms with Crippen LogP contribution in [0, 0.1) is 0 Å². The van der Waals surface area contributed by atoms with Crippen molar-refractivity contribution in [2.75, 3.05) is 18.6 Å². The van der Waals surface area contributed by atoms with Gasteiger partial charge in [0.25, 0.3) is 0 Å².